The Morgan fingerprint density at radius 3 is 2.74 bits per heavy atom. The molecular formula is C21H21N3O3. The molecule has 0 radical (unpaired) electrons. The minimum absolute atomic E-state index is 0.0454. The van der Waals surface area contributed by atoms with Crippen LogP contribution in [0.1, 0.15) is 47.8 Å². The highest BCUT2D eigenvalue weighted by atomic mass is 16.5. The number of piperidine rings is 1. The van der Waals surface area contributed by atoms with Crippen molar-refractivity contribution in [3.05, 3.63) is 54.0 Å². The van der Waals surface area contributed by atoms with E-state index >= 15 is 0 Å². The third-order valence-corrected chi connectivity index (χ3v) is 5.35. The van der Waals surface area contributed by atoms with Crippen LogP contribution in [-0.4, -0.2) is 40.1 Å². The molecule has 1 aromatic carbocycles. The van der Waals surface area contributed by atoms with Gasteiger partial charge in [0.15, 0.2) is 5.69 Å². The molecule has 6 nitrogen and oxygen atoms in total. The Labute approximate surface area is 157 Å². The number of benzene rings is 1. The highest BCUT2D eigenvalue weighted by Crippen LogP contribution is 2.40. The number of nitrogens with zero attached hydrogens (tertiary/aromatic N) is 3. The number of hydrogen-bond acceptors (Lipinski definition) is 5. The number of carbonyl (C=O) groups excluding carboxylic acids is 1. The molecule has 2 fully saturated rings. The van der Waals surface area contributed by atoms with Crippen LogP contribution >= 0.6 is 0 Å². The number of carbonyl (C=O) groups is 1. The largest absolute Gasteiger partial charge is 0.488 e. The predicted molar refractivity (Wildman–Crippen MR) is 99.8 cm³/mol. The van der Waals surface area contributed by atoms with Crippen LogP contribution in [-0.2, 0) is 0 Å². The van der Waals surface area contributed by atoms with Crippen molar-refractivity contribution in [3.63, 3.8) is 0 Å². The topological polar surface area (TPSA) is 68.5 Å². The Hall–Kier alpha value is -2.89. The maximum absolute atomic E-state index is 12.6. The average molecular weight is 363 g/mol. The van der Waals surface area contributed by atoms with Gasteiger partial charge in [-0.05, 0) is 25.0 Å². The molecule has 0 atom stereocenters. The summed E-state index contributed by atoms with van der Waals surface area (Å²) in [5, 5.41) is 5.04. The number of pyridine rings is 1. The van der Waals surface area contributed by atoms with Crippen molar-refractivity contribution in [3.8, 4) is 5.75 Å². The lowest BCUT2D eigenvalue weighted by Crippen LogP contribution is -2.41. The molecule has 1 saturated heterocycles. The summed E-state index contributed by atoms with van der Waals surface area (Å²) in [5.41, 5.74) is 1.31. The Balaban J connectivity index is 1.22. The predicted octanol–water partition coefficient (Wildman–Crippen LogP) is 3.78. The molecule has 1 saturated carbocycles. The molecule has 6 heteroatoms. The molecule has 3 heterocycles. The first-order valence-electron chi connectivity index (χ1n) is 9.54. The van der Waals surface area contributed by atoms with E-state index in [-0.39, 0.29) is 12.0 Å². The molecule has 0 spiro atoms. The zero-order chi connectivity index (χ0) is 18.2. The summed E-state index contributed by atoms with van der Waals surface area (Å²) in [6, 6.07) is 11.7. The van der Waals surface area contributed by atoms with Crippen molar-refractivity contribution in [2.45, 2.75) is 37.7 Å². The van der Waals surface area contributed by atoms with E-state index < -0.39 is 0 Å². The molecule has 1 aliphatic carbocycles. The molecule has 2 aliphatic rings. The standard InChI is InChI=1S/C21H21N3O3/c25-21(17-13-19(27-23-17)14-6-7-14)24-11-8-16(9-12-24)26-18-5-1-3-15-4-2-10-22-20(15)18/h1-5,10,13-14,16H,6-9,11-12H2. The van der Waals surface area contributed by atoms with E-state index in [1.165, 1.54) is 0 Å². The van der Waals surface area contributed by atoms with Crippen LogP contribution in [0.2, 0.25) is 0 Å². The normalized spacial score (nSPS) is 18.0. The molecule has 5 rings (SSSR count). The first-order valence-corrected chi connectivity index (χ1v) is 9.54. The quantitative estimate of drug-likeness (QED) is 0.705. The van der Waals surface area contributed by atoms with Crippen molar-refractivity contribution in [1.29, 1.82) is 0 Å². The molecule has 0 unspecified atom stereocenters. The van der Waals surface area contributed by atoms with Crippen LogP contribution in [0, 0.1) is 0 Å². The summed E-state index contributed by atoms with van der Waals surface area (Å²) >= 11 is 0. The Morgan fingerprint density at radius 2 is 1.93 bits per heavy atom. The van der Waals surface area contributed by atoms with Gasteiger partial charge in [0.2, 0.25) is 0 Å². The average Bonchev–Trinajstić information content (AvgIpc) is 3.45. The van der Waals surface area contributed by atoms with Gasteiger partial charge < -0.3 is 14.2 Å². The minimum atomic E-state index is -0.0454. The van der Waals surface area contributed by atoms with Crippen molar-refractivity contribution in [1.82, 2.24) is 15.0 Å². The van der Waals surface area contributed by atoms with Crippen LogP contribution < -0.4 is 4.74 Å². The number of aromatic nitrogens is 2. The molecule has 0 N–H and O–H groups in total. The van der Waals surface area contributed by atoms with Gasteiger partial charge in [0.05, 0.1) is 0 Å². The second-order valence-corrected chi connectivity index (χ2v) is 7.33. The van der Waals surface area contributed by atoms with Crippen molar-refractivity contribution < 1.29 is 14.1 Å². The number of rotatable bonds is 4. The monoisotopic (exact) mass is 363 g/mol. The van der Waals surface area contributed by atoms with E-state index in [1.54, 1.807) is 6.20 Å². The maximum atomic E-state index is 12.6. The van der Waals surface area contributed by atoms with Crippen molar-refractivity contribution in [2.75, 3.05) is 13.1 Å². The van der Waals surface area contributed by atoms with Crippen LogP contribution in [0.3, 0.4) is 0 Å². The number of ether oxygens (including phenoxy) is 1. The van der Waals surface area contributed by atoms with Gasteiger partial charge in [0.1, 0.15) is 23.1 Å². The van der Waals surface area contributed by atoms with Crippen molar-refractivity contribution in [2.24, 2.45) is 0 Å². The summed E-state index contributed by atoms with van der Waals surface area (Å²) in [6.07, 6.45) is 5.72. The highest BCUT2D eigenvalue weighted by Gasteiger charge is 2.31. The smallest absolute Gasteiger partial charge is 0.276 e. The van der Waals surface area contributed by atoms with Gasteiger partial charge in [0.25, 0.3) is 5.91 Å². The number of hydrogen-bond donors (Lipinski definition) is 0. The summed E-state index contributed by atoms with van der Waals surface area (Å²) in [6.45, 7) is 1.32. The first-order chi connectivity index (χ1) is 13.3. The van der Waals surface area contributed by atoms with E-state index in [0.29, 0.717) is 24.7 Å². The lowest BCUT2D eigenvalue weighted by atomic mass is 10.1. The highest BCUT2D eigenvalue weighted by molar-refractivity contribution is 5.92. The summed E-state index contributed by atoms with van der Waals surface area (Å²) in [4.78, 5) is 18.9. The third kappa shape index (κ3) is 3.27. The van der Waals surface area contributed by atoms with Gasteiger partial charge in [-0.3, -0.25) is 9.78 Å². The van der Waals surface area contributed by atoms with E-state index in [0.717, 1.165) is 48.1 Å². The Bertz CT molecular complexity index is 966. The number of para-hydroxylation sites is 1. The number of likely N-dealkylation sites (tertiary alicyclic amines) is 1. The summed E-state index contributed by atoms with van der Waals surface area (Å²) in [7, 11) is 0. The minimum Gasteiger partial charge on any atom is -0.488 e. The molecule has 1 aliphatic heterocycles. The van der Waals surface area contributed by atoms with Crippen LogP contribution in [0.4, 0.5) is 0 Å². The van der Waals surface area contributed by atoms with Gasteiger partial charge in [-0.1, -0.05) is 23.4 Å². The molecule has 3 aromatic rings. The summed E-state index contributed by atoms with van der Waals surface area (Å²) < 4.78 is 11.5. The zero-order valence-corrected chi connectivity index (χ0v) is 15.0. The zero-order valence-electron chi connectivity index (χ0n) is 15.0. The second kappa shape index (κ2) is 6.68. The van der Waals surface area contributed by atoms with E-state index in [4.69, 9.17) is 9.26 Å². The van der Waals surface area contributed by atoms with Gasteiger partial charge in [-0.25, -0.2) is 0 Å². The van der Waals surface area contributed by atoms with Gasteiger partial charge >= 0.3 is 0 Å². The molecule has 138 valence electrons. The number of fused-ring (bicyclic) bond motifs is 1. The maximum Gasteiger partial charge on any atom is 0.276 e. The van der Waals surface area contributed by atoms with Crippen LogP contribution in [0.5, 0.6) is 5.75 Å². The fourth-order valence-corrected chi connectivity index (χ4v) is 3.64. The van der Waals surface area contributed by atoms with Gasteiger partial charge in [-0.15, -0.1) is 0 Å². The fourth-order valence-electron chi connectivity index (χ4n) is 3.64. The Kier molecular flexibility index (Phi) is 4.03. The van der Waals surface area contributed by atoms with Gasteiger partial charge in [-0.2, -0.15) is 0 Å². The van der Waals surface area contributed by atoms with E-state index in [2.05, 4.69) is 10.1 Å². The lowest BCUT2D eigenvalue weighted by molar-refractivity contribution is 0.0588. The third-order valence-electron chi connectivity index (χ3n) is 5.35. The Morgan fingerprint density at radius 1 is 1.11 bits per heavy atom. The first kappa shape index (κ1) is 16.3. The molecule has 1 amide bonds. The lowest BCUT2D eigenvalue weighted by Gasteiger charge is -2.31. The molecule has 27 heavy (non-hydrogen) atoms. The van der Waals surface area contributed by atoms with E-state index in [9.17, 15) is 4.79 Å². The molecular weight excluding hydrogens is 342 g/mol. The van der Waals surface area contributed by atoms with E-state index in [1.807, 2.05) is 41.3 Å². The fraction of sp³-hybridized carbons (Fsp3) is 0.381. The number of amides is 1. The molecule has 0 bridgehead atoms. The van der Waals surface area contributed by atoms with Crippen LogP contribution in [0.25, 0.3) is 10.9 Å². The summed E-state index contributed by atoms with van der Waals surface area (Å²) in [5.74, 6) is 2.08. The second-order valence-electron chi connectivity index (χ2n) is 7.33. The molecule has 2 aromatic heterocycles. The van der Waals surface area contributed by atoms with Crippen LogP contribution in [0.15, 0.2) is 47.1 Å². The van der Waals surface area contributed by atoms with Gasteiger partial charge in [0, 0.05) is 49.5 Å². The SMILES string of the molecule is O=C(c1cc(C2CC2)on1)N1CCC(Oc2cccc3cccnc23)CC1. The van der Waals surface area contributed by atoms with Crippen molar-refractivity contribution >= 4 is 16.8 Å².